The highest BCUT2D eigenvalue weighted by atomic mass is 16.3. The Morgan fingerprint density at radius 3 is 2.86 bits per heavy atom. The second-order valence-electron chi connectivity index (χ2n) is 4.07. The van der Waals surface area contributed by atoms with Crippen molar-refractivity contribution in [2.24, 2.45) is 5.73 Å². The smallest absolute Gasteiger partial charge is 0.115 e. The summed E-state index contributed by atoms with van der Waals surface area (Å²) in [7, 11) is 0. The second-order valence-corrected chi connectivity index (χ2v) is 4.07. The lowest BCUT2D eigenvalue weighted by Crippen LogP contribution is -2.50. The number of hydrogen-bond acceptors (Lipinski definition) is 4. The molecule has 0 atom stereocenters. The van der Waals surface area contributed by atoms with E-state index in [1.807, 2.05) is 13.1 Å². The molecule has 1 aromatic rings. The standard InChI is InChI=1S/C10H15N3O/c1-7-9(4-12-6-13-7)10(5-11)2-8(14)3-10/h4,6,8,14H,2-3,5,11H2,1H3. The van der Waals surface area contributed by atoms with Crippen molar-refractivity contribution < 1.29 is 5.11 Å². The molecule has 1 aliphatic carbocycles. The minimum atomic E-state index is -0.210. The maximum atomic E-state index is 9.37. The van der Waals surface area contributed by atoms with Crippen LogP contribution in [-0.2, 0) is 5.41 Å². The summed E-state index contributed by atoms with van der Waals surface area (Å²) < 4.78 is 0. The fourth-order valence-electron chi connectivity index (χ4n) is 2.25. The number of aliphatic hydroxyl groups is 1. The Bertz CT molecular complexity index is 334. The molecule has 1 heterocycles. The summed E-state index contributed by atoms with van der Waals surface area (Å²) >= 11 is 0. The van der Waals surface area contributed by atoms with Crippen LogP contribution in [0.4, 0.5) is 0 Å². The van der Waals surface area contributed by atoms with Crippen LogP contribution in [-0.4, -0.2) is 27.7 Å². The largest absolute Gasteiger partial charge is 0.393 e. The molecule has 1 fully saturated rings. The van der Waals surface area contributed by atoms with Crippen LogP contribution in [0.1, 0.15) is 24.1 Å². The Hall–Kier alpha value is -1.00. The zero-order chi connectivity index (χ0) is 10.2. The van der Waals surface area contributed by atoms with Gasteiger partial charge in [-0.3, -0.25) is 0 Å². The van der Waals surface area contributed by atoms with Gasteiger partial charge in [0.25, 0.3) is 0 Å². The highest BCUT2D eigenvalue weighted by Gasteiger charge is 2.44. The van der Waals surface area contributed by atoms with Crippen LogP contribution < -0.4 is 5.73 Å². The molecule has 1 aliphatic rings. The monoisotopic (exact) mass is 193 g/mol. The van der Waals surface area contributed by atoms with E-state index in [2.05, 4.69) is 9.97 Å². The van der Waals surface area contributed by atoms with Crippen LogP contribution >= 0.6 is 0 Å². The molecule has 0 saturated heterocycles. The molecule has 0 aliphatic heterocycles. The van der Waals surface area contributed by atoms with E-state index in [4.69, 9.17) is 5.73 Å². The fourth-order valence-corrected chi connectivity index (χ4v) is 2.25. The maximum absolute atomic E-state index is 9.37. The number of aliphatic hydroxyl groups excluding tert-OH is 1. The Balaban J connectivity index is 2.34. The van der Waals surface area contributed by atoms with E-state index < -0.39 is 0 Å². The molecule has 1 saturated carbocycles. The van der Waals surface area contributed by atoms with E-state index in [9.17, 15) is 5.11 Å². The van der Waals surface area contributed by atoms with Crippen molar-refractivity contribution in [3.8, 4) is 0 Å². The molecular formula is C10H15N3O. The second kappa shape index (κ2) is 3.29. The van der Waals surface area contributed by atoms with Gasteiger partial charge < -0.3 is 10.8 Å². The van der Waals surface area contributed by atoms with Crippen molar-refractivity contribution in [1.29, 1.82) is 0 Å². The molecule has 1 aromatic heterocycles. The molecule has 76 valence electrons. The van der Waals surface area contributed by atoms with Crippen LogP contribution in [0.25, 0.3) is 0 Å². The first-order chi connectivity index (χ1) is 6.68. The molecule has 4 nitrogen and oxygen atoms in total. The lowest BCUT2D eigenvalue weighted by atomic mass is 9.62. The molecule has 0 unspecified atom stereocenters. The van der Waals surface area contributed by atoms with Crippen LogP contribution in [0.2, 0.25) is 0 Å². The van der Waals surface area contributed by atoms with Gasteiger partial charge in [-0.1, -0.05) is 0 Å². The number of hydrogen-bond donors (Lipinski definition) is 2. The van der Waals surface area contributed by atoms with Gasteiger partial charge in [-0.2, -0.15) is 0 Å². The van der Waals surface area contributed by atoms with Crippen LogP contribution in [0.5, 0.6) is 0 Å². The summed E-state index contributed by atoms with van der Waals surface area (Å²) in [4.78, 5) is 8.17. The van der Waals surface area contributed by atoms with Gasteiger partial charge in [0, 0.05) is 23.9 Å². The molecule has 0 aromatic carbocycles. The highest BCUT2D eigenvalue weighted by molar-refractivity contribution is 5.30. The minimum Gasteiger partial charge on any atom is -0.393 e. The first-order valence-corrected chi connectivity index (χ1v) is 4.83. The average molecular weight is 193 g/mol. The first kappa shape index (κ1) is 9.55. The summed E-state index contributed by atoms with van der Waals surface area (Å²) in [5.74, 6) is 0. The molecule has 4 heteroatoms. The average Bonchev–Trinajstić information content (AvgIpc) is 2.14. The Labute approximate surface area is 83.2 Å². The number of aryl methyl sites for hydroxylation is 1. The summed E-state index contributed by atoms with van der Waals surface area (Å²) in [6, 6.07) is 0. The van der Waals surface area contributed by atoms with Crippen molar-refractivity contribution in [2.75, 3.05) is 6.54 Å². The predicted octanol–water partition coefficient (Wildman–Crippen LogP) is 0.136. The molecule has 0 amide bonds. The van der Waals surface area contributed by atoms with Gasteiger partial charge in [0.05, 0.1) is 6.10 Å². The molecule has 3 N–H and O–H groups in total. The topological polar surface area (TPSA) is 72.0 Å². The minimum absolute atomic E-state index is 0.0786. The third-order valence-electron chi connectivity index (χ3n) is 3.13. The van der Waals surface area contributed by atoms with Crippen molar-refractivity contribution in [1.82, 2.24) is 9.97 Å². The van der Waals surface area contributed by atoms with Crippen molar-refractivity contribution >= 4 is 0 Å². The van der Waals surface area contributed by atoms with Crippen molar-refractivity contribution in [2.45, 2.75) is 31.3 Å². The molecular weight excluding hydrogens is 178 g/mol. The van der Waals surface area contributed by atoms with Crippen LogP contribution in [0, 0.1) is 6.92 Å². The van der Waals surface area contributed by atoms with Gasteiger partial charge in [-0.25, -0.2) is 9.97 Å². The summed E-state index contributed by atoms with van der Waals surface area (Å²) in [6.07, 6.45) is 4.62. The lowest BCUT2D eigenvalue weighted by molar-refractivity contribution is 0.0215. The summed E-state index contributed by atoms with van der Waals surface area (Å²) in [6.45, 7) is 2.51. The van der Waals surface area contributed by atoms with E-state index in [1.54, 1.807) is 0 Å². The summed E-state index contributed by atoms with van der Waals surface area (Å²) in [5, 5.41) is 9.37. The molecule has 0 bridgehead atoms. The molecule has 0 spiro atoms. The normalized spacial score (nSPS) is 31.2. The fraction of sp³-hybridized carbons (Fsp3) is 0.600. The highest BCUT2D eigenvalue weighted by Crippen LogP contribution is 2.43. The zero-order valence-corrected chi connectivity index (χ0v) is 8.27. The van der Waals surface area contributed by atoms with Crippen molar-refractivity contribution in [3.05, 3.63) is 23.8 Å². The van der Waals surface area contributed by atoms with Crippen molar-refractivity contribution in [3.63, 3.8) is 0 Å². The van der Waals surface area contributed by atoms with Crippen LogP contribution in [0.15, 0.2) is 12.5 Å². The van der Waals surface area contributed by atoms with E-state index in [-0.39, 0.29) is 11.5 Å². The third kappa shape index (κ3) is 1.31. The third-order valence-corrected chi connectivity index (χ3v) is 3.13. The van der Waals surface area contributed by atoms with E-state index in [1.165, 1.54) is 6.33 Å². The Morgan fingerprint density at radius 2 is 2.36 bits per heavy atom. The van der Waals surface area contributed by atoms with Gasteiger partial charge >= 0.3 is 0 Å². The predicted molar refractivity (Wildman–Crippen MR) is 52.7 cm³/mol. The van der Waals surface area contributed by atoms with Gasteiger partial charge in [0.15, 0.2) is 0 Å². The van der Waals surface area contributed by atoms with Gasteiger partial charge in [0.1, 0.15) is 6.33 Å². The van der Waals surface area contributed by atoms with E-state index in [0.29, 0.717) is 6.54 Å². The molecule has 2 rings (SSSR count). The first-order valence-electron chi connectivity index (χ1n) is 4.83. The molecule has 14 heavy (non-hydrogen) atoms. The Kier molecular flexibility index (Phi) is 2.25. The lowest BCUT2D eigenvalue weighted by Gasteiger charge is -2.45. The number of rotatable bonds is 2. The summed E-state index contributed by atoms with van der Waals surface area (Å²) in [5.41, 5.74) is 7.75. The zero-order valence-electron chi connectivity index (χ0n) is 8.27. The maximum Gasteiger partial charge on any atom is 0.115 e. The number of nitrogens with zero attached hydrogens (tertiary/aromatic N) is 2. The molecule has 0 radical (unpaired) electrons. The van der Waals surface area contributed by atoms with Gasteiger partial charge in [0.2, 0.25) is 0 Å². The number of nitrogens with two attached hydrogens (primary N) is 1. The number of aromatic nitrogens is 2. The van der Waals surface area contributed by atoms with Crippen LogP contribution in [0.3, 0.4) is 0 Å². The van der Waals surface area contributed by atoms with E-state index in [0.717, 1.165) is 24.1 Å². The van der Waals surface area contributed by atoms with Gasteiger partial charge in [-0.05, 0) is 25.3 Å². The van der Waals surface area contributed by atoms with E-state index >= 15 is 0 Å². The van der Waals surface area contributed by atoms with Gasteiger partial charge in [-0.15, -0.1) is 0 Å². The quantitative estimate of drug-likeness (QED) is 0.700. The SMILES string of the molecule is Cc1ncncc1C1(CN)CC(O)C1. The Morgan fingerprint density at radius 1 is 1.64 bits per heavy atom.